The second-order valence-corrected chi connectivity index (χ2v) is 8.01. The fraction of sp³-hybridized carbons (Fsp3) is 0.435. The molecule has 1 aliphatic carbocycles. The van der Waals surface area contributed by atoms with Crippen molar-refractivity contribution in [2.75, 3.05) is 12.0 Å². The molecule has 4 rings (SSSR count). The maximum Gasteiger partial charge on any atom is 0.407 e. The van der Waals surface area contributed by atoms with Gasteiger partial charge < -0.3 is 19.7 Å². The van der Waals surface area contributed by atoms with Gasteiger partial charge in [-0.1, -0.05) is 37.3 Å². The van der Waals surface area contributed by atoms with Crippen LogP contribution in [0.1, 0.15) is 43.9 Å². The van der Waals surface area contributed by atoms with Crippen molar-refractivity contribution in [2.24, 2.45) is 11.8 Å². The van der Waals surface area contributed by atoms with Crippen molar-refractivity contribution in [1.29, 1.82) is 0 Å². The zero-order valence-corrected chi connectivity index (χ0v) is 17.5. The number of nitrogens with zero attached hydrogens (tertiary/aromatic N) is 2. The first kappa shape index (κ1) is 20.2. The molecule has 0 saturated heterocycles. The lowest BCUT2D eigenvalue weighted by Gasteiger charge is -2.45. The van der Waals surface area contributed by atoms with E-state index in [0.717, 1.165) is 29.7 Å². The van der Waals surface area contributed by atoms with Gasteiger partial charge in [0.05, 0.1) is 24.4 Å². The third-order valence-corrected chi connectivity index (χ3v) is 5.99. The molecule has 1 N–H and O–H groups in total. The molecule has 3 atom stereocenters. The number of benzene rings is 1. The highest BCUT2D eigenvalue weighted by atomic mass is 16.5. The molecule has 0 radical (unpaired) electrons. The Bertz CT molecular complexity index is 929. The number of carbonyl (C=O) groups excluding carboxylic acids is 2. The van der Waals surface area contributed by atoms with E-state index in [-0.39, 0.29) is 30.5 Å². The normalized spacial score (nSPS) is 22.8. The Morgan fingerprint density at radius 1 is 1.20 bits per heavy atom. The molecule has 1 aromatic heterocycles. The van der Waals surface area contributed by atoms with Crippen molar-refractivity contribution in [2.45, 2.75) is 45.4 Å². The molecule has 2 aliphatic rings. The van der Waals surface area contributed by atoms with Crippen molar-refractivity contribution in [1.82, 2.24) is 10.3 Å². The molecule has 1 aliphatic heterocycles. The second kappa shape index (κ2) is 8.34. The zero-order chi connectivity index (χ0) is 21.3. The van der Waals surface area contributed by atoms with Gasteiger partial charge in [0, 0.05) is 25.1 Å². The highest BCUT2D eigenvalue weighted by molar-refractivity contribution is 5.94. The van der Waals surface area contributed by atoms with Crippen LogP contribution < -0.4 is 15.0 Å². The van der Waals surface area contributed by atoms with E-state index in [2.05, 4.69) is 17.2 Å². The van der Waals surface area contributed by atoms with Crippen LogP contribution >= 0.6 is 0 Å². The third-order valence-electron chi connectivity index (χ3n) is 5.99. The Morgan fingerprint density at radius 3 is 2.57 bits per heavy atom. The van der Waals surface area contributed by atoms with Crippen molar-refractivity contribution in [3.05, 3.63) is 53.7 Å². The molecule has 158 valence electrons. The Labute approximate surface area is 176 Å². The van der Waals surface area contributed by atoms with Gasteiger partial charge in [-0.2, -0.15) is 0 Å². The molecule has 30 heavy (non-hydrogen) atoms. The van der Waals surface area contributed by atoms with Crippen LogP contribution in [0.5, 0.6) is 5.88 Å². The van der Waals surface area contributed by atoms with Crippen LogP contribution in [0.3, 0.4) is 0 Å². The number of anilines is 1. The standard InChI is InChI=1S/C23H27N3O4/c1-14-20(25-23(28)30-13-16-7-5-4-6-8-16)19-18(11-12-24-22(19)29-3)26(15(2)27)21(14)17-9-10-17/h4-8,11-12,14,17,20-21H,9-10,13H2,1-3H3,(H,25,28)/t14-,20-,21-/m1/s1. The summed E-state index contributed by atoms with van der Waals surface area (Å²) in [5, 5.41) is 3.02. The molecule has 7 heteroatoms. The second-order valence-electron chi connectivity index (χ2n) is 8.01. The Balaban J connectivity index is 1.63. The van der Waals surface area contributed by atoms with Gasteiger partial charge in [0.25, 0.3) is 0 Å². The number of alkyl carbamates (subject to hydrolysis) is 1. The molecular weight excluding hydrogens is 382 g/mol. The lowest BCUT2D eigenvalue weighted by Crippen LogP contribution is -2.53. The summed E-state index contributed by atoms with van der Waals surface area (Å²) >= 11 is 0. The van der Waals surface area contributed by atoms with E-state index in [1.807, 2.05) is 41.3 Å². The van der Waals surface area contributed by atoms with Gasteiger partial charge in [-0.15, -0.1) is 0 Å². The van der Waals surface area contributed by atoms with Crippen molar-refractivity contribution in [3.63, 3.8) is 0 Å². The van der Waals surface area contributed by atoms with Crippen LogP contribution in [0, 0.1) is 11.8 Å². The minimum atomic E-state index is -0.501. The number of pyridine rings is 1. The number of hydrogen-bond donors (Lipinski definition) is 1. The number of ether oxygens (including phenoxy) is 2. The van der Waals surface area contributed by atoms with Crippen molar-refractivity contribution >= 4 is 17.7 Å². The first-order valence-corrected chi connectivity index (χ1v) is 10.3. The van der Waals surface area contributed by atoms with Gasteiger partial charge in [-0.05, 0) is 30.4 Å². The molecule has 2 aromatic rings. The highest BCUT2D eigenvalue weighted by Gasteiger charge is 2.49. The van der Waals surface area contributed by atoms with E-state index in [9.17, 15) is 9.59 Å². The summed E-state index contributed by atoms with van der Waals surface area (Å²) in [6.45, 7) is 3.84. The number of amides is 2. The molecule has 0 bridgehead atoms. The van der Waals surface area contributed by atoms with Crippen LogP contribution in [-0.2, 0) is 16.1 Å². The predicted octanol–water partition coefficient (Wildman–Crippen LogP) is 3.84. The van der Waals surface area contributed by atoms with E-state index in [1.54, 1.807) is 20.2 Å². The van der Waals surface area contributed by atoms with Gasteiger partial charge in [0.1, 0.15) is 6.61 Å². The molecule has 0 spiro atoms. The van der Waals surface area contributed by atoms with Crippen LogP contribution in [0.2, 0.25) is 0 Å². The lowest BCUT2D eigenvalue weighted by molar-refractivity contribution is -0.117. The Hall–Kier alpha value is -3.09. The molecule has 2 heterocycles. The number of carbonyl (C=O) groups is 2. The summed E-state index contributed by atoms with van der Waals surface area (Å²) in [6.07, 6.45) is 3.31. The minimum Gasteiger partial charge on any atom is -0.481 e. The largest absolute Gasteiger partial charge is 0.481 e. The number of hydrogen-bond acceptors (Lipinski definition) is 5. The fourth-order valence-corrected chi connectivity index (χ4v) is 4.52. The molecular formula is C23H27N3O4. The quantitative estimate of drug-likeness (QED) is 0.812. The van der Waals surface area contributed by atoms with Crippen LogP contribution in [0.25, 0.3) is 0 Å². The van der Waals surface area contributed by atoms with Gasteiger partial charge >= 0.3 is 6.09 Å². The maximum atomic E-state index is 12.7. The maximum absolute atomic E-state index is 12.7. The first-order valence-electron chi connectivity index (χ1n) is 10.3. The molecule has 1 fully saturated rings. The third kappa shape index (κ3) is 3.84. The number of rotatable bonds is 5. The summed E-state index contributed by atoms with van der Waals surface area (Å²) in [6, 6.07) is 11.0. The summed E-state index contributed by atoms with van der Waals surface area (Å²) in [7, 11) is 1.54. The van der Waals surface area contributed by atoms with Gasteiger partial charge in [-0.25, -0.2) is 9.78 Å². The average Bonchev–Trinajstić information content (AvgIpc) is 3.58. The van der Waals surface area contributed by atoms with Gasteiger partial charge in [-0.3, -0.25) is 4.79 Å². The van der Waals surface area contributed by atoms with Crippen LogP contribution in [-0.4, -0.2) is 30.1 Å². The van der Waals surface area contributed by atoms with Gasteiger partial charge in [0.15, 0.2) is 0 Å². The Morgan fingerprint density at radius 2 is 1.93 bits per heavy atom. The topological polar surface area (TPSA) is 80.8 Å². The molecule has 0 unspecified atom stereocenters. The fourth-order valence-electron chi connectivity index (χ4n) is 4.52. The zero-order valence-electron chi connectivity index (χ0n) is 17.5. The molecule has 1 aromatic carbocycles. The smallest absolute Gasteiger partial charge is 0.407 e. The highest BCUT2D eigenvalue weighted by Crippen LogP contribution is 2.50. The minimum absolute atomic E-state index is 0.0153. The summed E-state index contributed by atoms with van der Waals surface area (Å²) in [5.41, 5.74) is 2.39. The molecule has 1 saturated carbocycles. The molecule has 2 amide bonds. The number of nitrogens with one attached hydrogen (secondary N) is 1. The lowest BCUT2D eigenvalue weighted by atomic mass is 9.80. The predicted molar refractivity (Wildman–Crippen MR) is 112 cm³/mol. The monoisotopic (exact) mass is 409 g/mol. The Kier molecular flexibility index (Phi) is 5.61. The summed E-state index contributed by atoms with van der Waals surface area (Å²) < 4.78 is 11.0. The SMILES string of the molecule is COc1nccc2c1[C@H](NC(=O)OCc1ccccc1)[C@@H](C)[C@H](C1CC1)N2C(C)=O. The van der Waals surface area contributed by atoms with Gasteiger partial charge in [0.2, 0.25) is 11.8 Å². The summed E-state index contributed by atoms with van der Waals surface area (Å²) in [4.78, 5) is 31.4. The van der Waals surface area contributed by atoms with E-state index in [1.165, 1.54) is 0 Å². The number of methoxy groups -OCH3 is 1. The van der Waals surface area contributed by atoms with Crippen molar-refractivity contribution in [3.8, 4) is 5.88 Å². The van der Waals surface area contributed by atoms with E-state index < -0.39 is 6.09 Å². The number of fused-ring (bicyclic) bond motifs is 1. The van der Waals surface area contributed by atoms with E-state index in [4.69, 9.17) is 9.47 Å². The number of aromatic nitrogens is 1. The van der Waals surface area contributed by atoms with E-state index in [0.29, 0.717) is 11.8 Å². The first-order chi connectivity index (χ1) is 14.5. The molecule has 7 nitrogen and oxygen atoms in total. The van der Waals surface area contributed by atoms with E-state index >= 15 is 0 Å². The van der Waals surface area contributed by atoms with Crippen LogP contribution in [0.15, 0.2) is 42.6 Å². The van der Waals surface area contributed by atoms with Crippen molar-refractivity contribution < 1.29 is 19.1 Å². The van der Waals surface area contributed by atoms with Crippen LogP contribution in [0.4, 0.5) is 10.5 Å². The summed E-state index contributed by atoms with van der Waals surface area (Å²) in [5.74, 6) is 0.809. The average molecular weight is 409 g/mol.